The van der Waals surface area contributed by atoms with Crippen molar-refractivity contribution in [3.8, 4) is 0 Å². The van der Waals surface area contributed by atoms with Gasteiger partial charge in [-0.15, -0.1) is 0 Å². The SMILES string of the molecule is CCCc1nc(C2CCCC(C)C2)c(N)n1CC. The maximum Gasteiger partial charge on any atom is 0.127 e. The monoisotopic (exact) mass is 249 g/mol. The highest BCUT2D eigenvalue weighted by molar-refractivity contribution is 5.41. The maximum absolute atomic E-state index is 6.32. The molecule has 1 saturated carbocycles. The van der Waals surface area contributed by atoms with E-state index in [4.69, 9.17) is 10.7 Å². The number of hydrogen-bond donors (Lipinski definition) is 1. The summed E-state index contributed by atoms with van der Waals surface area (Å²) in [5.41, 5.74) is 7.51. The second kappa shape index (κ2) is 5.77. The molecule has 0 aromatic carbocycles. The number of imidazole rings is 1. The summed E-state index contributed by atoms with van der Waals surface area (Å²) in [5, 5.41) is 0. The Hall–Kier alpha value is -0.990. The van der Waals surface area contributed by atoms with E-state index in [1.807, 2.05) is 0 Å². The zero-order valence-corrected chi connectivity index (χ0v) is 12.1. The van der Waals surface area contributed by atoms with E-state index in [9.17, 15) is 0 Å². The minimum atomic E-state index is 0.595. The normalized spacial score (nSPS) is 24.4. The second-order valence-electron chi connectivity index (χ2n) is 5.76. The molecule has 1 fully saturated rings. The van der Waals surface area contributed by atoms with Crippen LogP contribution in [-0.2, 0) is 13.0 Å². The first-order chi connectivity index (χ1) is 8.67. The fourth-order valence-electron chi connectivity index (χ4n) is 3.28. The highest BCUT2D eigenvalue weighted by Crippen LogP contribution is 2.38. The summed E-state index contributed by atoms with van der Waals surface area (Å²) in [4.78, 5) is 4.87. The molecule has 2 atom stereocenters. The molecule has 1 aromatic rings. The largest absolute Gasteiger partial charge is 0.384 e. The number of nitrogens with two attached hydrogens (primary N) is 1. The Balaban J connectivity index is 2.26. The van der Waals surface area contributed by atoms with Crippen molar-refractivity contribution in [2.24, 2.45) is 5.92 Å². The number of rotatable bonds is 4. The van der Waals surface area contributed by atoms with Gasteiger partial charge in [-0.25, -0.2) is 4.98 Å². The molecule has 2 rings (SSSR count). The molecule has 0 spiro atoms. The topological polar surface area (TPSA) is 43.8 Å². The molecule has 1 aliphatic carbocycles. The molecule has 102 valence electrons. The van der Waals surface area contributed by atoms with E-state index in [0.717, 1.165) is 31.1 Å². The Bertz CT molecular complexity index is 395. The van der Waals surface area contributed by atoms with E-state index in [1.54, 1.807) is 0 Å². The summed E-state index contributed by atoms with van der Waals surface area (Å²) >= 11 is 0. The minimum Gasteiger partial charge on any atom is -0.384 e. The molecule has 0 amide bonds. The van der Waals surface area contributed by atoms with Gasteiger partial charge < -0.3 is 10.3 Å². The number of nitrogens with zero attached hydrogens (tertiary/aromatic N) is 2. The number of hydrogen-bond acceptors (Lipinski definition) is 2. The Morgan fingerprint density at radius 3 is 2.72 bits per heavy atom. The first kappa shape index (κ1) is 13.4. The minimum absolute atomic E-state index is 0.595. The van der Waals surface area contributed by atoms with Gasteiger partial charge in [0.15, 0.2) is 0 Å². The van der Waals surface area contributed by atoms with Crippen LogP contribution in [0.4, 0.5) is 5.82 Å². The fraction of sp³-hybridized carbons (Fsp3) is 0.800. The lowest BCUT2D eigenvalue weighted by molar-refractivity contribution is 0.341. The molecule has 0 aliphatic heterocycles. The third kappa shape index (κ3) is 2.55. The van der Waals surface area contributed by atoms with Crippen LogP contribution in [0.5, 0.6) is 0 Å². The van der Waals surface area contributed by atoms with Crippen molar-refractivity contribution in [2.45, 2.75) is 71.8 Å². The average molecular weight is 249 g/mol. The molecule has 1 aliphatic rings. The molecule has 1 aromatic heterocycles. The van der Waals surface area contributed by atoms with Crippen molar-refractivity contribution in [1.29, 1.82) is 0 Å². The summed E-state index contributed by atoms with van der Waals surface area (Å²) in [5.74, 6) is 3.53. The Morgan fingerprint density at radius 2 is 2.11 bits per heavy atom. The first-order valence-electron chi connectivity index (χ1n) is 7.52. The number of anilines is 1. The number of aromatic nitrogens is 2. The van der Waals surface area contributed by atoms with Crippen LogP contribution in [-0.4, -0.2) is 9.55 Å². The third-order valence-corrected chi connectivity index (χ3v) is 4.23. The molecule has 18 heavy (non-hydrogen) atoms. The maximum atomic E-state index is 6.32. The van der Waals surface area contributed by atoms with Crippen molar-refractivity contribution >= 4 is 5.82 Å². The zero-order chi connectivity index (χ0) is 13.1. The summed E-state index contributed by atoms with van der Waals surface area (Å²) in [6.07, 6.45) is 7.40. The summed E-state index contributed by atoms with van der Waals surface area (Å²) in [6.45, 7) is 7.65. The lowest BCUT2D eigenvalue weighted by Gasteiger charge is -2.25. The van der Waals surface area contributed by atoms with Gasteiger partial charge in [0.2, 0.25) is 0 Å². The first-order valence-corrected chi connectivity index (χ1v) is 7.52. The highest BCUT2D eigenvalue weighted by atomic mass is 15.1. The summed E-state index contributed by atoms with van der Waals surface area (Å²) in [6, 6.07) is 0. The molecule has 0 bridgehead atoms. The van der Waals surface area contributed by atoms with Gasteiger partial charge in [-0.2, -0.15) is 0 Å². The van der Waals surface area contributed by atoms with Crippen LogP contribution in [0.1, 0.15) is 70.3 Å². The van der Waals surface area contributed by atoms with Crippen molar-refractivity contribution in [3.05, 3.63) is 11.5 Å². The van der Waals surface area contributed by atoms with Gasteiger partial charge in [-0.3, -0.25) is 0 Å². The van der Waals surface area contributed by atoms with Gasteiger partial charge in [0.05, 0.1) is 5.69 Å². The lowest BCUT2D eigenvalue weighted by atomic mass is 9.81. The van der Waals surface area contributed by atoms with Crippen LogP contribution in [0, 0.1) is 5.92 Å². The van der Waals surface area contributed by atoms with E-state index in [-0.39, 0.29) is 0 Å². The molecular formula is C15H27N3. The van der Waals surface area contributed by atoms with Crippen LogP contribution in [0.3, 0.4) is 0 Å². The third-order valence-electron chi connectivity index (χ3n) is 4.23. The van der Waals surface area contributed by atoms with Gasteiger partial charge in [-0.1, -0.05) is 26.7 Å². The molecule has 3 heteroatoms. The van der Waals surface area contributed by atoms with Crippen LogP contribution in [0.25, 0.3) is 0 Å². The van der Waals surface area contributed by atoms with Crippen molar-refractivity contribution in [1.82, 2.24) is 9.55 Å². The standard InChI is InChI=1S/C15H27N3/c1-4-7-13-17-14(15(16)18(13)5-2)12-9-6-8-11(3)10-12/h11-12H,4-10,16H2,1-3H3. The van der Waals surface area contributed by atoms with Gasteiger partial charge in [-0.05, 0) is 32.1 Å². The predicted octanol–water partition coefficient (Wildman–Crippen LogP) is 3.73. The molecular weight excluding hydrogens is 222 g/mol. The smallest absolute Gasteiger partial charge is 0.127 e. The summed E-state index contributed by atoms with van der Waals surface area (Å²) < 4.78 is 2.21. The van der Waals surface area contributed by atoms with Gasteiger partial charge in [0.1, 0.15) is 11.6 Å². The van der Waals surface area contributed by atoms with Crippen molar-refractivity contribution in [3.63, 3.8) is 0 Å². The van der Waals surface area contributed by atoms with Crippen molar-refractivity contribution < 1.29 is 0 Å². The van der Waals surface area contributed by atoms with Crippen LogP contribution in [0.2, 0.25) is 0 Å². The quantitative estimate of drug-likeness (QED) is 0.883. The number of aryl methyl sites for hydroxylation is 1. The van der Waals surface area contributed by atoms with Gasteiger partial charge in [0, 0.05) is 18.9 Å². The Morgan fingerprint density at radius 1 is 1.33 bits per heavy atom. The molecule has 2 N–H and O–H groups in total. The van der Waals surface area contributed by atoms with E-state index in [1.165, 1.54) is 37.2 Å². The molecule has 0 radical (unpaired) electrons. The lowest BCUT2D eigenvalue weighted by Crippen LogP contribution is -2.14. The fourth-order valence-corrected chi connectivity index (χ4v) is 3.28. The zero-order valence-electron chi connectivity index (χ0n) is 12.1. The van der Waals surface area contributed by atoms with Gasteiger partial charge in [0.25, 0.3) is 0 Å². The second-order valence-corrected chi connectivity index (χ2v) is 5.76. The van der Waals surface area contributed by atoms with Gasteiger partial charge >= 0.3 is 0 Å². The van der Waals surface area contributed by atoms with Crippen molar-refractivity contribution in [2.75, 3.05) is 5.73 Å². The Kier molecular flexibility index (Phi) is 4.31. The van der Waals surface area contributed by atoms with Crippen LogP contribution in [0.15, 0.2) is 0 Å². The molecule has 3 nitrogen and oxygen atoms in total. The molecule has 2 unspecified atom stereocenters. The van der Waals surface area contributed by atoms with Crippen LogP contribution < -0.4 is 5.73 Å². The predicted molar refractivity (Wildman–Crippen MR) is 76.7 cm³/mol. The van der Waals surface area contributed by atoms with E-state index >= 15 is 0 Å². The van der Waals surface area contributed by atoms with Crippen LogP contribution >= 0.6 is 0 Å². The van der Waals surface area contributed by atoms with E-state index in [2.05, 4.69) is 25.3 Å². The van der Waals surface area contributed by atoms with E-state index < -0.39 is 0 Å². The number of nitrogen functional groups attached to an aromatic ring is 1. The average Bonchev–Trinajstić information content (AvgIpc) is 2.66. The molecule has 0 saturated heterocycles. The summed E-state index contributed by atoms with van der Waals surface area (Å²) in [7, 11) is 0. The Labute approximate surface area is 111 Å². The molecule has 1 heterocycles. The van der Waals surface area contributed by atoms with E-state index in [0.29, 0.717) is 5.92 Å². The highest BCUT2D eigenvalue weighted by Gasteiger charge is 2.26.